The van der Waals surface area contributed by atoms with Gasteiger partial charge in [-0.2, -0.15) is 0 Å². The molecule has 1 aliphatic heterocycles. The molecule has 4 heterocycles. The molecule has 1 saturated heterocycles. The molecule has 124 valence electrons. The second-order valence-electron chi connectivity index (χ2n) is 6.13. The second-order valence-corrected chi connectivity index (χ2v) is 6.13. The van der Waals surface area contributed by atoms with Crippen molar-refractivity contribution in [3.63, 3.8) is 0 Å². The number of pyridine rings is 1. The van der Waals surface area contributed by atoms with E-state index in [1.807, 2.05) is 43.4 Å². The van der Waals surface area contributed by atoms with Crippen LogP contribution >= 0.6 is 0 Å². The third-order valence-corrected chi connectivity index (χ3v) is 4.25. The summed E-state index contributed by atoms with van der Waals surface area (Å²) in [6.07, 6.45) is 6.36. The molecule has 1 N–H and O–H groups in total. The maximum atomic E-state index is 6.22. The minimum Gasteiger partial charge on any atom is -0.485 e. The number of fused-ring (bicyclic) bond motifs is 1. The summed E-state index contributed by atoms with van der Waals surface area (Å²) in [5.41, 5.74) is 0.867. The fourth-order valence-electron chi connectivity index (χ4n) is 3.12. The average Bonchev–Trinajstić information content (AvgIpc) is 3.23. The number of nitrogens with one attached hydrogen (secondary N) is 1. The first-order chi connectivity index (χ1) is 11.7. The highest BCUT2D eigenvalue weighted by Crippen LogP contribution is 2.29. The monoisotopic (exact) mass is 324 g/mol. The van der Waals surface area contributed by atoms with Crippen LogP contribution in [0.1, 0.15) is 6.42 Å². The summed E-state index contributed by atoms with van der Waals surface area (Å²) in [7, 11) is 3.94. The average molecular weight is 324 g/mol. The van der Waals surface area contributed by atoms with Crippen molar-refractivity contribution in [2.45, 2.75) is 12.5 Å². The number of H-pyrrole nitrogens is 1. The van der Waals surface area contributed by atoms with Gasteiger partial charge < -0.3 is 19.5 Å². The van der Waals surface area contributed by atoms with Crippen LogP contribution in [0.15, 0.2) is 36.9 Å². The van der Waals surface area contributed by atoms with E-state index in [4.69, 9.17) is 4.74 Å². The van der Waals surface area contributed by atoms with E-state index in [1.54, 1.807) is 12.5 Å². The molecular weight excluding hydrogens is 304 g/mol. The quantitative estimate of drug-likeness (QED) is 0.792. The van der Waals surface area contributed by atoms with Crippen LogP contribution in [0.4, 0.5) is 11.6 Å². The van der Waals surface area contributed by atoms with Crippen molar-refractivity contribution in [1.82, 2.24) is 19.9 Å². The Morgan fingerprint density at radius 3 is 3.04 bits per heavy atom. The first-order valence-corrected chi connectivity index (χ1v) is 8.04. The molecule has 1 atom stereocenters. The lowest BCUT2D eigenvalue weighted by Gasteiger charge is -2.21. The van der Waals surface area contributed by atoms with Gasteiger partial charge >= 0.3 is 0 Å². The Morgan fingerprint density at radius 1 is 1.25 bits per heavy atom. The molecule has 0 spiro atoms. The van der Waals surface area contributed by atoms with Crippen LogP contribution < -0.4 is 14.5 Å². The Morgan fingerprint density at radius 2 is 2.17 bits per heavy atom. The molecule has 3 aromatic heterocycles. The number of aromatic amines is 1. The molecule has 1 fully saturated rings. The Bertz CT molecular complexity index is 846. The highest BCUT2D eigenvalue weighted by molar-refractivity contribution is 5.87. The van der Waals surface area contributed by atoms with Crippen LogP contribution in [0.5, 0.6) is 5.75 Å². The van der Waals surface area contributed by atoms with Crippen molar-refractivity contribution in [3.05, 3.63) is 36.9 Å². The van der Waals surface area contributed by atoms with Crippen molar-refractivity contribution >= 4 is 22.7 Å². The molecule has 0 aliphatic carbocycles. The lowest BCUT2D eigenvalue weighted by atomic mass is 10.3. The standard InChI is InChI=1S/C17H20N6O/c1-22(2)17-14(4-3-7-19-17)24-12-6-9-23(10-12)16-13-5-8-18-15(13)20-11-21-16/h3-5,7-8,11-12H,6,9-10H2,1-2H3,(H,18,20,21)/t12-/m0/s1. The largest absolute Gasteiger partial charge is 0.485 e. The number of rotatable bonds is 4. The normalized spacial score (nSPS) is 17.4. The first-order valence-electron chi connectivity index (χ1n) is 8.04. The Hall–Kier alpha value is -2.83. The number of anilines is 2. The third-order valence-electron chi connectivity index (χ3n) is 4.25. The Kier molecular flexibility index (Phi) is 3.68. The Labute approximate surface area is 140 Å². The molecule has 4 rings (SSSR count). The van der Waals surface area contributed by atoms with Gasteiger partial charge in [0.1, 0.15) is 23.9 Å². The van der Waals surface area contributed by atoms with Gasteiger partial charge in [-0.15, -0.1) is 0 Å². The molecule has 7 nitrogen and oxygen atoms in total. The van der Waals surface area contributed by atoms with E-state index in [1.165, 1.54) is 0 Å². The highest BCUT2D eigenvalue weighted by Gasteiger charge is 2.27. The van der Waals surface area contributed by atoms with Gasteiger partial charge in [0, 0.05) is 39.5 Å². The van der Waals surface area contributed by atoms with Crippen LogP contribution in [-0.2, 0) is 0 Å². The van der Waals surface area contributed by atoms with Crippen LogP contribution in [0.2, 0.25) is 0 Å². The summed E-state index contributed by atoms with van der Waals surface area (Å²) in [5, 5.41) is 1.05. The molecule has 0 amide bonds. The van der Waals surface area contributed by atoms with E-state index in [-0.39, 0.29) is 6.10 Å². The zero-order valence-electron chi connectivity index (χ0n) is 13.8. The summed E-state index contributed by atoms with van der Waals surface area (Å²) < 4.78 is 6.22. The van der Waals surface area contributed by atoms with E-state index in [9.17, 15) is 0 Å². The number of nitrogens with zero attached hydrogens (tertiary/aromatic N) is 5. The predicted molar refractivity (Wildman–Crippen MR) is 93.7 cm³/mol. The van der Waals surface area contributed by atoms with Gasteiger partial charge in [0.25, 0.3) is 0 Å². The maximum absolute atomic E-state index is 6.22. The van der Waals surface area contributed by atoms with Crippen molar-refractivity contribution < 1.29 is 4.74 Å². The predicted octanol–water partition coefficient (Wildman–Crippen LogP) is 2.08. The number of hydrogen-bond donors (Lipinski definition) is 1. The summed E-state index contributed by atoms with van der Waals surface area (Å²) in [6, 6.07) is 5.90. The van der Waals surface area contributed by atoms with Gasteiger partial charge in [0.15, 0.2) is 11.6 Å². The molecular formula is C17H20N6O. The maximum Gasteiger partial charge on any atom is 0.170 e. The topological polar surface area (TPSA) is 70.2 Å². The van der Waals surface area contributed by atoms with Crippen molar-refractivity contribution in [1.29, 1.82) is 0 Å². The van der Waals surface area contributed by atoms with Gasteiger partial charge in [0.2, 0.25) is 0 Å². The van der Waals surface area contributed by atoms with Gasteiger partial charge in [-0.05, 0) is 18.2 Å². The minimum atomic E-state index is 0.122. The van der Waals surface area contributed by atoms with Crippen molar-refractivity contribution in [3.8, 4) is 5.75 Å². The van der Waals surface area contributed by atoms with E-state index in [0.717, 1.165) is 47.9 Å². The summed E-state index contributed by atoms with van der Waals surface area (Å²) in [4.78, 5) is 20.5. The van der Waals surface area contributed by atoms with E-state index in [2.05, 4.69) is 24.8 Å². The molecule has 0 radical (unpaired) electrons. The first kappa shape index (κ1) is 14.7. The molecule has 0 bridgehead atoms. The molecule has 1 aliphatic rings. The summed E-state index contributed by atoms with van der Waals surface area (Å²) in [6.45, 7) is 1.72. The van der Waals surface area contributed by atoms with Gasteiger partial charge in [-0.3, -0.25) is 0 Å². The lowest BCUT2D eigenvalue weighted by molar-refractivity contribution is 0.225. The Balaban J connectivity index is 1.52. The molecule has 0 unspecified atom stereocenters. The molecule has 7 heteroatoms. The molecule has 0 aromatic carbocycles. The van der Waals surface area contributed by atoms with E-state index < -0.39 is 0 Å². The highest BCUT2D eigenvalue weighted by atomic mass is 16.5. The second kappa shape index (κ2) is 5.99. The molecule has 3 aromatic rings. The van der Waals surface area contributed by atoms with Crippen LogP contribution in [0.25, 0.3) is 11.0 Å². The molecule has 24 heavy (non-hydrogen) atoms. The zero-order valence-corrected chi connectivity index (χ0v) is 13.8. The summed E-state index contributed by atoms with van der Waals surface area (Å²) >= 11 is 0. The van der Waals surface area contributed by atoms with Crippen molar-refractivity contribution in [2.75, 3.05) is 37.0 Å². The number of ether oxygens (including phenoxy) is 1. The van der Waals surface area contributed by atoms with Crippen LogP contribution in [0.3, 0.4) is 0 Å². The van der Waals surface area contributed by atoms with Gasteiger partial charge in [-0.25, -0.2) is 15.0 Å². The van der Waals surface area contributed by atoms with Crippen LogP contribution in [-0.4, -0.2) is 53.2 Å². The summed E-state index contributed by atoms with van der Waals surface area (Å²) in [5.74, 6) is 2.64. The SMILES string of the molecule is CN(C)c1ncccc1O[C@H]1CCN(c2ncnc3[nH]ccc23)C1. The van der Waals surface area contributed by atoms with Gasteiger partial charge in [0.05, 0.1) is 11.9 Å². The van der Waals surface area contributed by atoms with Crippen LogP contribution in [0, 0.1) is 0 Å². The van der Waals surface area contributed by atoms with E-state index >= 15 is 0 Å². The smallest absolute Gasteiger partial charge is 0.170 e. The van der Waals surface area contributed by atoms with E-state index in [0.29, 0.717) is 0 Å². The molecule has 0 saturated carbocycles. The lowest BCUT2D eigenvalue weighted by Crippen LogP contribution is -2.26. The number of aromatic nitrogens is 4. The minimum absolute atomic E-state index is 0.122. The third kappa shape index (κ3) is 2.62. The zero-order chi connectivity index (χ0) is 16.5. The fraction of sp³-hybridized carbons (Fsp3) is 0.353. The fourth-order valence-corrected chi connectivity index (χ4v) is 3.12. The number of hydrogen-bond acceptors (Lipinski definition) is 6. The van der Waals surface area contributed by atoms with Crippen molar-refractivity contribution in [2.24, 2.45) is 0 Å². The van der Waals surface area contributed by atoms with Gasteiger partial charge in [-0.1, -0.05) is 0 Å².